The third-order valence-electron chi connectivity index (χ3n) is 2.05. The zero-order valence-electron chi connectivity index (χ0n) is 7.42. The molecule has 0 bridgehead atoms. The molecule has 1 aliphatic heterocycles. The monoisotopic (exact) mass is 199 g/mol. The summed E-state index contributed by atoms with van der Waals surface area (Å²) in [5.74, 6) is 0.238. The predicted octanol–water partition coefficient (Wildman–Crippen LogP) is 1.17. The Morgan fingerprint density at radius 3 is 3.14 bits per heavy atom. The lowest BCUT2D eigenvalue weighted by Crippen LogP contribution is -2.14. The van der Waals surface area contributed by atoms with Crippen molar-refractivity contribution >= 4 is 0 Å². The molecule has 1 aliphatic rings. The SMILES string of the molecule is ONCc1cc2c(cc1F)COCO2. The predicted molar refractivity (Wildman–Crippen MR) is 45.3 cm³/mol. The minimum Gasteiger partial charge on any atom is -0.467 e. The van der Waals surface area contributed by atoms with Gasteiger partial charge in [-0.15, -0.1) is 0 Å². The van der Waals surface area contributed by atoms with E-state index >= 15 is 0 Å². The third kappa shape index (κ3) is 1.70. The Bertz CT molecular complexity index is 343. The average Bonchev–Trinajstić information content (AvgIpc) is 2.19. The van der Waals surface area contributed by atoms with E-state index < -0.39 is 0 Å². The summed E-state index contributed by atoms with van der Waals surface area (Å²) < 4.78 is 23.5. The summed E-state index contributed by atoms with van der Waals surface area (Å²) in [7, 11) is 0. The number of rotatable bonds is 2. The largest absolute Gasteiger partial charge is 0.467 e. The second kappa shape index (κ2) is 3.91. The van der Waals surface area contributed by atoms with Crippen molar-refractivity contribution in [2.45, 2.75) is 13.2 Å². The van der Waals surface area contributed by atoms with Gasteiger partial charge in [0.2, 0.25) is 0 Å². The van der Waals surface area contributed by atoms with Crippen LogP contribution in [-0.2, 0) is 17.9 Å². The number of benzene rings is 1. The summed E-state index contributed by atoms with van der Waals surface area (Å²) >= 11 is 0. The van der Waals surface area contributed by atoms with Gasteiger partial charge in [0.15, 0.2) is 6.79 Å². The van der Waals surface area contributed by atoms with Gasteiger partial charge in [-0.3, -0.25) is 0 Å². The first-order chi connectivity index (χ1) is 6.81. The fourth-order valence-electron chi connectivity index (χ4n) is 1.36. The molecule has 1 aromatic rings. The van der Waals surface area contributed by atoms with E-state index in [1.54, 1.807) is 6.07 Å². The van der Waals surface area contributed by atoms with Crippen molar-refractivity contribution < 1.29 is 19.1 Å². The second-order valence-corrected chi connectivity index (χ2v) is 3.00. The highest BCUT2D eigenvalue weighted by atomic mass is 19.1. The number of nitrogens with one attached hydrogen (secondary N) is 1. The van der Waals surface area contributed by atoms with Crippen LogP contribution in [0.5, 0.6) is 5.75 Å². The highest BCUT2D eigenvalue weighted by Gasteiger charge is 2.14. The topological polar surface area (TPSA) is 50.7 Å². The van der Waals surface area contributed by atoms with Crippen molar-refractivity contribution in [1.82, 2.24) is 5.48 Å². The molecule has 1 heterocycles. The molecule has 0 aromatic heterocycles. The maximum absolute atomic E-state index is 13.3. The van der Waals surface area contributed by atoms with E-state index in [1.807, 2.05) is 5.48 Å². The van der Waals surface area contributed by atoms with Gasteiger partial charge < -0.3 is 14.7 Å². The standard InChI is InChI=1S/C9H10FNO3/c10-8-1-7-4-13-5-14-9(7)2-6(8)3-11-12/h1-2,11-12H,3-5H2. The number of hydroxylamine groups is 1. The van der Waals surface area contributed by atoms with Crippen LogP contribution in [0, 0.1) is 5.82 Å². The Balaban J connectivity index is 2.35. The molecule has 4 nitrogen and oxygen atoms in total. The quantitative estimate of drug-likeness (QED) is 0.702. The lowest BCUT2D eigenvalue weighted by molar-refractivity contribution is -0.0167. The second-order valence-electron chi connectivity index (χ2n) is 3.00. The van der Waals surface area contributed by atoms with E-state index in [-0.39, 0.29) is 19.2 Å². The van der Waals surface area contributed by atoms with Crippen molar-refractivity contribution in [3.05, 3.63) is 29.1 Å². The van der Waals surface area contributed by atoms with Crippen molar-refractivity contribution in [1.29, 1.82) is 0 Å². The molecule has 0 aliphatic carbocycles. The first kappa shape index (κ1) is 9.39. The molecule has 0 amide bonds. The minimum absolute atomic E-state index is 0.0589. The molecular formula is C9H10FNO3. The minimum atomic E-state index is -0.376. The molecule has 0 radical (unpaired) electrons. The lowest BCUT2D eigenvalue weighted by Gasteiger charge is -2.18. The molecule has 0 atom stereocenters. The fourth-order valence-corrected chi connectivity index (χ4v) is 1.36. The van der Waals surface area contributed by atoms with Crippen LogP contribution in [0.4, 0.5) is 4.39 Å². The summed E-state index contributed by atoms with van der Waals surface area (Å²) in [5, 5.41) is 8.47. The molecule has 0 saturated heterocycles. The Morgan fingerprint density at radius 1 is 1.50 bits per heavy atom. The molecule has 0 unspecified atom stereocenters. The van der Waals surface area contributed by atoms with Crippen LogP contribution in [0.3, 0.4) is 0 Å². The lowest BCUT2D eigenvalue weighted by atomic mass is 10.1. The molecule has 14 heavy (non-hydrogen) atoms. The molecule has 0 fully saturated rings. The highest BCUT2D eigenvalue weighted by molar-refractivity contribution is 5.38. The summed E-state index contributed by atoms with van der Waals surface area (Å²) in [6.45, 7) is 0.604. The van der Waals surface area contributed by atoms with Crippen LogP contribution in [0.15, 0.2) is 12.1 Å². The molecule has 2 rings (SSSR count). The fraction of sp³-hybridized carbons (Fsp3) is 0.333. The van der Waals surface area contributed by atoms with Crippen molar-refractivity contribution in [3.8, 4) is 5.75 Å². The number of ether oxygens (including phenoxy) is 2. The first-order valence-electron chi connectivity index (χ1n) is 4.20. The number of fused-ring (bicyclic) bond motifs is 1. The molecule has 0 spiro atoms. The van der Waals surface area contributed by atoms with Gasteiger partial charge in [0.25, 0.3) is 0 Å². The van der Waals surface area contributed by atoms with Crippen LogP contribution in [0.25, 0.3) is 0 Å². The van der Waals surface area contributed by atoms with Gasteiger partial charge in [-0.2, -0.15) is 0 Å². The summed E-state index contributed by atoms with van der Waals surface area (Å²) in [5.41, 5.74) is 2.96. The highest BCUT2D eigenvalue weighted by Crippen LogP contribution is 2.26. The van der Waals surface area contributed by atoms with E-state index in [1.165, 1.54) is 6.07 Å². The normalized spacial score (nSPS) is 14.7. The number of halogens is 1. The Labute approximate surface area is 80.2 Å². The number of hydrogen-bond acceptors (Lipinski definition) is 4. The Morgan fingerprint density at radius 2 is 2.36 bits per heavy atom. The first-order valence-corrected chi connectivity index (χ1v) is 4.20. The van der Waals surface area contributed by atoms with Gasteiger partial charge in [-0.1, -0.05) is 0 Å². The third-order valence-corrected chi connectivity index (χ3v) is 2.05. The molecule has 5 heteroatoms. The summed E-state index contributed by atoms with van der Waals surface area (Å²) in [6, 6.07) is 2.93. The Hall–Kier alpha value is -1.17. The van der Waals surface area contributed by atoms with Gasteiger partial charge in [0, 0.05) is 17.7 Å². The maximum atomic E-state index is 13.3. The van der Waals surface area contributed by atoms with Crippen LogP contribution < -0.4 is 10.2 Å². The molecule has 0 saturated carbocycles. The van der Waals surface area contributed by atoms with Crippen molar-refractivity contribution in [2.75, 3.05) is 6.79 Å². The summed E-state index contributed by atoms with van der Waals surface area (Å²) in [4.78, 5) is 0. The van der Waals surface area contributed by atoms with Crippen LogP contribution in [0.2, 0.25) is 0 Å². The zero-order chi connectivity index (χ0) is 9.97. The molecular weight excluding hydrogens is 189 g/mol. The Kier molecular flexibility index (Phi) is 2.62. The van der Waals surface area contributed by atoms with Gasteiger partial charge in [-0.25, -0.2) is 9.87 Å². The molecule has 76 valence electrons. The van der Waals surface area contributed by atoms with Crippen LogP contribution >= 0.6 is 0 Å². The van der Waals surface area contributed by atoms with Gasteiger partial charge in [0.05, 0.1) is 6.61 Å². The van der Waals surface area contributed by atoms with E-state index in [9.17, 15) is 4.39 Å². The van der Waals surface area contributed by atoms with Gasteiger partial charge >= 0.3 is 0 Å². The molecule has 1 aromatic carbocycles. The van der Waals surface area contributed by atoms with E-state index in [0.717, 1.165) is 0 Å². The van der Waals surface area contributed by atoms with E-state index in [4.69, 9.17) is 14.7 Å². The van der Waals surface area contributed by atoms with Crippen molar-refractivity contribution in [3.63, 3.8) is 0 Å². The van der Waals surface area contributed by atoms with Crippen molar-refractivity contribution in [2.24, 2.45) is 0 Å². The van der Waals surface area contributed by atoms with Gasteiger partial charge in [-0.05, 0) is 12.1 Å². The maximum Gasteiger partial charge on any atom is 0.189 e. The smallest absolute Gasteiger partial charge is 0.189 e. The van der Waals surface area contributed by atoms with Gasteiger partial charge in [0.1, 0.15) is 11.6 Å². The number of hydrogen-bond donors (Lipinski definition) is 2. The van der Waals surface area contributed by atoms with Crippen LogP contribution in [-0.4, -0.2) is 12.0 Å². The van der Waals surface area contributed by atoms with E-state index in [0.29, 0.717) is 23.5 Å². The zero-order valence-corrected chi connectivity index (χ0v) is 7.42. The summed E-state index contributed by atoms with van der Waals surface area (Å²) in [6.07, 6.45) is 0. The average molecular weight is 199 g/mol. The van der Waals surface area contributed by atoms with E-state index in [2.05, 4.69) is 0 Å². The van der Waals surface area contributed by atoms with Crippen LogP contribution in [0.1, 0.15) is 11.1 Å². The molecule has 2 N–H and O–H groups in total.